The van der Waals surface area contributed by atoms with E-state index in [1.165, 1.54) is 32.1 Å². The molecule has 0 unspecified atom stereocenters. The van der Waals surface area contributed by atoms with E-state index in [-0.39, 0.29) is 0 Å². The predicted molar refractivity (Wildman–Crippen MR) is 61.0 cm³/mol. The van der Waals surface area contributed by atoms with Gasteiger partial charge in [0.25, 0.3) is 0 Å². The largest absolute Gasteiger partial charge is 0.335 e. The summed E-state index contributed by atoms with van der Waals surface area (Å²) in [6, 6.07) is 0. The van der Waals surface area contributed by atoms with Crippen LogP contribution in [-0.2, 0) is 7.05 Å². The molecule has 0 radical (unpaired) electrons. The molecule has 0 saturated carbocycles. The molecule has 0 atom stereocenters. The van der Waals surface area contributed by atoms with Crippen molar-refractivity contribution in [3.8, 4) is 0 Å². The number of imidazole rings is 1. The number of hydrogen-bond acceptors (Lipinski definition) is 1. The Morgan fingerprint density at radius 3 is 2.86 bits per heavy atom. The van der Waals surface area contributed by atoms with Gasteiger partial charge in [-0.3, -0.25) is 0 Å². The van der Waals surface area contributed by atoms with E-state index in [9.17, 15) is 0 Å². The lowest BCUT2D eigenvalue weighted by molar-refractivity contribution is 0.675. The highest BCUT2D eigenvalue weighted by atomic mass is 15.0. The highest BCUT2D eigenvalue weighted by Crippen LogP contribution is 2.05. The van der Waals surface area contributed by atoms with Gasteiger partial charge in [-0.25, -0.2) is 4.98 Å². The summed E-state index contributed by atoms with van der Waals surface area (Å²) in [6.45, 7) is 2.24. The van der Waals surface area contributed by atoms with E-state index in [2.05, 4.69) is 24.1 Å². The molecule has 0 aliphatic rings. The summed E-state index contributed by atoms with van der Waals surface area (Å²) >= 11 is 0. The number of nitrogens with zero attached hydrogens (tertiary/aromatic N) is 2. The molecule has 2 nitrogen and oxygen atoms in total. The van der Waals surface area contributed by atoms with Gasteiger partial charge in [-0.05, 0) is 18.9 Å². The van der Waals surface area contributed by atoms with Gasteiger partial charge in [0, 0.05) is 19.4 Å². The smallest absolute Gasteiger partial charge is 0.131 e. The van der Waals surface area contributed by atoms with E-state index in [0.717, 1.165) is 5.82 Å². The van der Waals surface area contributed by atoms with E-state index in [4.69, 9.17) is 0 Å². The molecule has 1 heterocycles. The van der Waals surface area contributed by atoms with Crippen LogP contribution in [-0.4, -0.2) is 9.55 Å². The number of aromatic nitrogens is 2. The van der Waals surface area contributed by atoms with Crippen LogP contribution in [0.15, 0.2) is 18.5 Å². The Hall–Kier alpha value is -1.05. The summed E-state index contributed by atoms with van der Waals surface area (Å²) in [4.78, 5) is 4.23. The highest BCUT2D eigenvalue weighted by molar-refractivity contribution is 5.39. The molecule has 0 aromatic carbocycles. The van der Waals surface area contributed by atoms with Gasteiger partial charge in [0.2, 0.25) is 0 Å². The molecule has 1 rings (SSSR count). The van der Waals surface area contributed by atoms with Gasteiger partial charge in [-0.15, -0.1) is 0 Å². The quantitative estimate of drug-likeness (QED) is 0.632. The summed E-state index contributed by atoms with van der Waals surface area (Å²) in [6.07, 6.45) is 14.6. The fourth-order valence-electron chi connectivity index (χ4n) is 1.42. The van der Waals surface area contributed by atoms with Gasteiger partial charge in [0.1, 0.15) is 5.82 Å². The molecule has 0 bridgehead atoms. The summed E-state index contributed by atoms with van der Waals surface area (Å²) in [5.41, 5.74) is 0. The Balaban J connectivity index is 2.18. The maximum atomic E-state index is 4.23. The fourth-order valence-corrected chi connectivity index (χ4v) is 1.42. The average Bonchev–Trinajstić information content (AvgIpc) is 2.58. The second-order valence-electron chi connectivity index (χ2n) is 3.65. The molecule has 14 heavy (non-hydrogen) atoms. The second-order valence-corrected chi connectivity index (χ2v) is 3.65. The van der Waals surface area contributed by atoms with Gasteiger partial charge in [-0.1, -0.05) is 32.3 Å². The lowest BCUT2D eigenvalue weighted by Gasteiger charge is -1.95. The number of hydrogen-bond donors (Lipinski definition) is 0. The summed E-state index contributed by atoms with van der Waals surface area (Å²) in [5, 5.41) is 0. The zero-order chi connectivity index (χ0) is 10.2. The van der Waals surface area contributed by atoms with Crippen molar-refractivity contribution in [3.05, 3.63) is 24.3 Å². The molecule has 0 saturated heterocycles. The molecule has 0 N–H and O–H groups in total. The van der Waals surface area contributed by atoms with Crippen molar-refractivity contribution in [1.82, 2.24) is 9.55 Å². The molecule has 0 aliphatic heterocycles. The van der Waals surface area contributed by atoms with Crippen LogP contribution in [0.2, 0.25) is 0 Å². The highest BCUT2D eigenvalue weighted by Gasteiger charge is 1.91. The molecule has 0 aliphatic carbocycles. The van der Waals surface area contributed by atoms with Crippen LogP contribution in [0, 0.1) is 0 Å². The van der Waals surface area contributed by atoms with Gasteiger partial charge in [-0.2, -0.15) is 0 Å². The van der Waals surface area contributed by atoms with Crippen molar-refractivity contribution in [2.24, 2.45) is 7.05 Å². The molecule has 0 amide bonds. The normalized spacial score (nSPS) is 11.3. The second kappa shape index (κ2) is 6.41. The Kier molecular flexibility index (Phi) is 5.05. The Morgan fingerprint density at radius 2 is 2.21 bits per heavy atom. The number of allylic oxidation sites excluding steroid dienone is 1. The molecule has 0 fully saturated rings. The first-order valence-electron chi connectivity index (χ1n) is 5.48. The minimum atomic E-state index is 1.04. The number of rotatable bonds is 6. The zero-order valence-electron chi connectivity index (χ0n) is 9.24. The van der Waals surface area contributed by atoms with E-state index < -0.39 is 0 Å². The summed E-state index contributed by atoms with van der Waals surface area (Å²) in [7, 11) is 2.02. The molecule has 1 aromatic rings. The van der Waals surface area contributed by atoms with Gasteiger partial charge < -0.3 is 4.57 Å². The fraction of sp³-hybridized carbons (Fsp3) is 0.583. The minimum absolute atomic E-state index is 1.04. The Labute approximate surface area is 86.7 Å². The van der Waals surface area contributed by atoms with Crippen LogP contribution in [0.5, 0.6) is 0 Å². The van der Waals surface area contributed by atoms with E-state index in [1.54, 1.807) is 0 Å². The summed E-state index contributed by atoms with van der Waals surface area (Å²) in [5.74, 6) is 1.04. The van der Waals surface area contributed by atoms with Crippen LogP contribution >= 0.6 is 0 Å². The lowest BCUT2D eigenvalue weighted by atomic mass is 10.1. The van der Waals surface area contributed by atoms with E-state index in [0.29, 0.717) is 0 Å². The van der Waals surface area contributed by atoms with Crippen molar-refractivity contribution < 1.29 is 0 Å². The van der Waals surface area contributed by atoms with Crippen molar-refractivity contribution in [2.75, 3.05) is 0 Å². The molecule has 1 aromatic heterocycles. The van der Waals surface area contributed by atoms with Gasteiger partial charge >= 0.3 is 0 Å². The SMILES string of the molecule is CCCCCCC=Cc1nccn1C. The van der Waals surface area contributed by atoms with Crippen LogP contribution in [0.25, 0.3) is 6.08 Å². The average molecular weight is 192 g/mol. The number of unbranched alkanes of at least 4 members (excludes halogenated alkanes) is 4. The number of aryl methyl sites for hydroxylation is 1. The molecular weight excluding hydrogens is 172 g/mol. The van der Waals surface area contributed by atoms with Crippen LogP contribution < -0.4 is 0 Å². The maximum Gasteiger partial charge on any atom is 0.131 e. The third kappa shape index (κ3) is 3.77. The summed E-state index contributed by atoms with van der Waals surface area (Å²) < 4.78 is 2.03. The zero-order valence-corrected chi connectivity index (χ0v) is 9.24. The van der Waals surface area contributed by atoms with E-state index in [1.807, 2.05) is 24.0 Å². The first-order valence-corrected chi connectivity index (χ1v) is 5.48. The topological polar surface area (TPSA) is 17.8 Å². The van der Waals surface area contributed by atoms with Gasteiger partial charge in [0.05, 0.1) is 0 Å². The molecule has 0 spiro atoms. The third-order valence-electron chi connectivity index (χ3n) is 2.35. The monoisotopic (exact) mass is 192 g/mol. The van der Waals surface area contributed by atoms with Crippen LogP contribution in [0.3, 0.4) is 0 Å². The van der Waals surface area contributed by atoms with Crippen molar-refractivity contribution in [2.45, 2.75) is 39.0 Å². The molecular formula is C12H20N2. The molecule has 78 valence electrons. The van der Waals surface area contributed by atoms with Crippen LogP contribution in [0.1, 0.15) is 44.9 Å². The van der Waals surface area contributed by atoms with Crippen molar-refractivity contribution in [3.63, 3.8) is 0 Å². The first-order chi connectivity index (χ1) is 6.84. The van der Waals surface area contributed by atoms with Crippen LogP contribution in [0.4, 0.5) is 0 Å². The van der Waals surface area contributed by atoms with E-state index >= 15 is 0 Å². The maximum absolute atomic E-state index is 4.23. The minimum Gasteiger partial charge on any atom is -0.335 e. The molecule has 2 heteroatoms. The standard InChI is InChI=1S/C12H20N2/c1-3-4-5-6-7-8-9-12-13-10-11-14(12)2/h8-11H,3-7H2,1-2H3. The predicted octanol–water partition coefficient (Wildman–Crippen LogP) is 3.40. The first kappa shape index (κ1) is 11.0. The Bertz CT molecular complexity index is 274. The van der Waals surface area contributed by atoms with Crippen molar-refractivity contribution >= 4 is 6.08 Å². The third-order valence-corrected chi connectivity index (χ3v) is 2.35. The Morgan fingerprint density at radius 1 is 1.36 bits per heavy atom. The lowest BCUT2D eigenvalue weighted by Crippen LogP contribution is -1.88. The van der Waals surface area contributed by atoms with Crippen molar-refractivity contribution in [1.29, 1.82) is 0 Å². The van der Waals surface area contributed by atoms with Gasteiger partial charge in [0.15, 0.2) is 0 Å².